The third kappa shape index (κ3) is 3.77. The molecular weight excluding hydrogens is 318 g/mol. The number of nitrogens with two attached hydrogens (primary N) is 1. The number of anilines is 1. The van der Waals surface area contributed by atoms with Crippen LogP contribution in [0, 0.1) is 0 Å². The van der Waals surface area contributed by atoms with Gasteiger partial charge in [0.1, 0.15) is 0 Å². The molecule has 0 saturated heterocycles. The lowest BCUT2D eigenvalue weighted by Crippen LogP contribution is -2.10. The van der Waals surface area contributed by atoms with E-state index in [-0.39, 0.29) is 5.41 Å². The fourth-order valence-corrected chi connectivity index (χ4v) is 2.98. The highest BCUT2D eigenvalue weighted by Crippen LogP contribution is 2.34. The van der Waals surface area contributed by atoms with Gasteiger partial charge in [-0.2, -0.15) is 0 Å². The maximum absolute atomic E-state index is 6.02. The maximum atomic E-state index is 6.02. The second-order valence-electron chi connectivity index (χ2n) is 5.56. The van der Waals surface area contributed by atoms with Gasteiger partial charge in [0.25, 0.3) is 0 Å². The Balaban J connectivity index is 2.20. The fraction of sp³-hybridized carbons (Fsp3) is 0.250. The van der Waals surface area contributed by atoms with Gasteiger partial charge >= 0.3 is 0 Å². The predicted octanol–water partition coefficient (Wildman–Crippen LogP) is 5.48. The van der Waals surface area contributed by atoms with Crippen LogP contribution in [0.5, 0.6) is 0 Å². The zero-order valence-corrected chi connectivity index (χ0v) is 13.8. The van der Waals surface area contributed by atoms with E-state index in [1.807, 2.05) is 18.2 Å². The van der Waals surface area contributed by atoms with Crippen LogP contribution in [0.25, 0.3) is 0 Å². The molecule has 0 spiro atoms. The summed E-state index contributed by atoms with van der Waals surface area (Å²) in [6, 6.07) is 14.7. The average molecular weight is 336 g/mol. The molecule has 0 heterocycles. The minimum atomic E-state index is 0.194. The Bertz CT molecular complexity index is 570. The van der Waals surface area contributed by atoms with Crippen molar-refractivity contribution < 1.29 is 0 Å². The van der Waals surface area contributed by atoms with Crippen molar-refractivity contribution in [3.05, 3.63) is 52.5 Å². The molecule has 0 bridgehead atoms. The minimum Gasteiger partial charge on any atom is -0.398 e. The molecule has 100 valence electrons. The van der Waals surface area contributed by atoms with E-state index in [1.54, 1.807) is 11.8 Å². The van der Waals surface area contributed by atoms with Gasteiger partial charge in [-0.3, -0.25) is 0 Å². The zero-order chi connectivity index (χ0) is 14.0. The van der Waals surface area contributed by atoms with Crippen LogP contribution in [0.15, 0.2) is 56.7 Å². The highest BCUT2D eigenvalue weighted by Gasteiger charge is 2.13. The fourth-order valence-electron chi connectivity index (χ4n) is 1.76. The standard InChI is InChI=1S/C16H18BrNS/c1-16(2,3)11-4-7-13(8-5-11)19-15-9-6-12(17)10-14(15)18/h4-10H,18H2,1-3H3. The average Bonchev–Trinajstić information content (AvgIpc) is 2.32. The maximum Gasteiger partial charge on any atom is 0.0467 e. The van der Waals surface area contributed by atoms with Crippen molar-refractivity contribution in [1.82, 2.24) is 0 Å². The number of rotatable bonds is 2. The first-order valence-corrected chi connectivity index (χ1v) is 7.80. The second kappa shape index (κ2) is 5.59. The second-order valence-corrected chi connectivity index (χ2v) is 7.59. The Morgan fingerprint density at radius 1 is 1.00 bits per heavy atom. The van der Waals surface area contributed by atoms with Gasteiger partial charge in [0, 0.05) is 20.0 Å². The summed E-state index contributed by atoms with van der Waals surface area (Å²) >= 11 is 5.12. The van der Waals surface area contributed by atoms with E-state index in [0.717, 1.165) is 15.1 Å². The van der Waals surface area contributed by atoms with Crippen LogP contribution in [-0.4, -0.2) is 0 Å². The minimum absolute atomic E-state index is 0.194. The van der Waals surface area contributed by atoms with Crippen LogP contribution in [-0.2, 0) is 5.41 Å². The molecular formula is C16H18BrNS. The summed E-state index contributed by atoms with van der Waals surface area (Å²) in [5.41, 5.74) is 8.36. The molecule has 0 aliphatic heterocycles. The largest absolute Gasteiger partial charge is 0.398 e. The summed E-state index contributed by atoms with van der Waals surface area (Å²) in [5.74, 6) is 0. The van der Waals surface area contributed by atoms with Crippen molar-refractivity contribution in [2.75, 3.05) is 5.73 Å². The lowest BCUT2D eigenvalue weighted by molar-refractivity contribution is 0.590. The molecule has 0 aromatic heterocycles. The van der Waals surface area contributed by atoms with Crippen LogP contribution in [0.3, 0.4) is 0 Å². The zero-order valence-electron chi connectivity index (χ0n) is 11.4. The third-order valence-electron chi connectivity index (χ3n) is 2.92. The molecule has 0 aliphatic rings. The Morgan fingerprint density at radius 3 is 2.16 bits per heavy atom. The van der Waals surface area contributed by atoms with Crippen molar-refractivity contribution in [2.24, 2.45) is 0 Å². The SMILES string of the molecule is CC(C)(C)c1ccc(Sc2ccc(Br)cc2N)cc1. The number of benzene rings is 2. The molecule has 19 heavy (non-hydrogen) atoms. The normalized spacial score (nSPS) is 11.6. The molecule has 0 amide bonds. The Labute approximate surface area is 127 Å². The summed E-state index contributed by atoms with van der Waals surface area (Å²) < 4.78 is 1.01. The lowest BCUT2D eigenvalue weighted by atomic mass is 9.87. The summed E-state index contributed by atoms with van der Waals surface area (Å²) in [6.07, 6.45) is 0. The molecule has 0 saturated carbocycles. The van der Waals surface area contributed by atoms with Crippen LogP contribution in [0.2, 0.25) is 0 Å². The van der Waals surface area contributed by atoms with Gasteiger partial charge in [0.05, 0.1) is 0 Å². The van der Waals surface area contributed by atoms with E-state index in [2.05, 4.69) is 61.0 Å². The van der Waals surface area contributed by atoms with Crippen molar-refractivity contribution in [1.29, 1.82) is 0 Å². The molecule has 0 radical (unpaired) electrons. The van der Waals surface area contributed by atoms with E-state index in [0.29, 0.717) is 0 Å². The highest BCUT2D eigenvalue weighted by molar-refractivity contribution is 9.10. The van der Waals surface area contributed by atoms with Crippen molar-refractivity contribution in [3.63, 3.8) is 0 Å². The number of halogens is 1. The van der Waals surface area contributed by atoms with Gasteiger partial charge in [-0.1, -0.05) is 60.6 Å². The smallest absolute Gasteiger partial charge is 0.0467 e. The van der Waals surface area contributed by atoms with Gasteiger partial charge < -0.3 is 5.73 Å². The van der Waals surface area contributed by atoms with Gasteiger partial charge in [-0.05, 0) is 41.3 Å². The Kier molecular flexibility index (Phi) is 4.26. The summed E-state index contributed by atoms with van der Waals surface area (Å²) in [4.78, 5) is 2.30. The molecule has 0 aliphatic carbocycles. The molecule has 2 rings (SSSR count). The summed E-state index contributed by atoms with van der Waals surface area (Å²) in [5, 5.41) is 0. The number of nitrogen functional groups attached to an aromatic ring is 1. The van der Waals surface area contributed by atoms with E-state index >= 15 is 0 Å². The number of hydrogen-bond donors (Lipinski definition) is 1. The predicted molar refractivity (Wildman–Crippen MR) is 87.8 cm³/mol. The van der Waals surface area contributed by atoms with Gasteiger partial charge in [-0.15, -0.1) is 0 Å². The topological polar surface area (TPSA) is 26.0 Å². The van der Waals surface area contributed by atoms with Crippen LogP contribution in [0.1, 0.15) is 26.3 Å². The van der Waals surface area contributed by atoms with E-state index in [1.165, 1.54) is 10.5 Å². The molecule has 2 N–H and O–H groups in total. The highest BCUT2D eigenvalue weighted by atomic mass is 79.9. The molecule has 3 heteroatoms. The molecule has 1 nitrogen and oxygen atoms in total. The van der Waals surface area contributed by atoms with Crippen molar-refractivity contribution in [3.8, 4) is 0 Å². The van der Waals surface area contributed by atoms with Crippen LogP contribution >= 0.6 is 27.7 Å². The van der Waals surface area contributed by atoms with Crippen molar-refractivity contribution >= 4 is 33.4 Å². The lowest BCUT2D eigenvalue weighted by Gasteiger charge is -2.19. The molecule has 0 fully saturated rings. The molecule has 0 atom stereocenters. The van der Waals surface area contributed by atoms with Crippen LogP contribution in [0.4, 0.5) is 5.69 Å². The van der Waals surface area contributed by atoms with E-state index < -0.39 is 0 Å². The first kappa shape index (κ1) is 14.5. The molecule has 2 aromatic carbocycles. The Hall–Kier alpha value is -0.930. The van der Waals surface area contributed by atoms with Gasteiger partial charge in [0.2, 0.25) is 0 Å². The van der Waals surface area contributed by atoms with Crippen LogP contribution < -0.4 is 5.73 Å². The first-order chi connectivity index (χ1) is 8.86. The monoisotopic (exact) mass is 335 g/mol. The molecule has 0 unspecified atom stereocenters. The first-order valence-electron chi connectivity index (χ1n) is 6.20. The third-order valence-corrected chi connectivity index (χ3v) is 4.51. The van der Waals surface area contributed by atoms with Crippen molar-refractivity contribution in [2.45, 2.75) is 36.0 Å². The van der Waals surface area contributed by atoms with E-state index in [4.69, 9.17) is 5.73 Å². The van der Waals surface area contributed by atoms with Gasteiger partial charge in [-0.25, -0.2) is 0 Å². The number of hydrogen-bond acceptors (Lipinski definition) is 2. The summed E-state index contributed by atoms with van der Waals surface area (Å²) in [7, 11) is 0. The Morgan fingerprint density at radius 2 is 1.63 bits per heavy atom. The quantitative estimate of drug-likeness (QED) is 0.735. The summed E-state index contributed by atoms with van der Waals surface area (Å²) in [6.45, 7) is 6.67. The molecule has 2 aromatic rings. The van der Waals surface area contributed by atoms with E-state index in [9.17, 15) is 0 Å². The van der Waals surface area contributed by atoms with Gasteiger partial charge in [0.15, 0.2) is 0 Å².